The van der Waals surface area contributed by atoms with Crippen molar-refractivity contribution in [2.75, 3.05) is 31.3 Å². The number of aliphatic hydroxyl groups excluding tert-OH is 1. The Morgan fingerprint density at radius 2 is 1.82 bits per heavy atom. The molecule has 1 aromatic heterocycles. The quantitative estimate of drug-likeness (QED) is 0.153. The number of anilines is 1. The van der Waals surface area contributed by atoms with Gasteiger partial charge in [-0.3, -0.25) is 14.5 Å². The van der Waals surface area contributed by atoms with Gasteiger partial charge in [0.15, 0.2) is 23.0 Å². The van der Waals surface area contributed by atoms with E-state index in [2.05, 4.69) is 17.1 Å². The van der Waals surface area contributed by atoms with Gasteiger partial charge in [-0.2, -0.15) is 0 Å². The molecule has 1 N–H and O–H groups in total. The van der Waals surface area contributed by atoms with Crippen molar-refractivity contribution in [2.24, 2.45) is 0 Å². The van der Waals surface area contributed by atoms with Crippen LogP contribution in [0.5, 0.6) is 23.0 Å². The number of aliphatic hydroxyl groups is 1. The average Bonchev–Trinajstić information content (AvgIpc) is 3.51. The number of fused-ring (bicyclic) bond motifs is 1. The normalized spacial score (nSPS) is 17.8. The van der Waals surface area contributed by atoms with Gasteiger partial charge in [0.25, 0.3) is 5.78 Å². The Balaban J connectivity index is 1.62. The van der Waals surface area contributed by atoms with E-state index in [-0.39, 0.29) is 16.5 Å². The smallest absolute Gasteiger partial charge is 0.301 e. The summed E-state index contributed by atoms with van der Waals surface area (Å²) in [7, 11) is 0. The number of aryl methyl sites for hydroxylation is 1. The van der Waals surface area contributed by atoms with E-state index in [0.29, 0.717) is 65.6 Å². The Morgan fingerprint density at radius 3 is 2.55 bits per heavy atom. The summed E-state index contributed by atoms with van der Waals surface area (Å²) in [6, 6.07) is 9.19. The molecule has 2 aromatic carbocycles. The standard InChI is InChI=1S/C29H31N3O7S/c1-4-6-7-12-37-20-10-8-18(15-22(20)36-5-2)25-24(27(34)28(35)32(25)29-31-30-17(3)40-29)26(33)19-9-11-21-23(16-19)39-14-13-38-21/h8-11,15-16,25,33H,4-7,12-14H2,1-3H3. The van der Waals surface area contributed by atoms with Crippen LogP contribution in [0, 0.1) is 6.92 Å². The van der Waals surface area contributed by atoms with Crippen LogP contribution in [0.25, 0.3) is 5.76 Å². The first kappa shape index (κ1) is 27.4. The summed E-state index contributed by atoms with van der Waals surface area (Å²) in [5.41, 5.74) is 0.797. The van der Waals surface area contributed by atoms with Crippen LogP contribution in [0.3, 0.4) is 0 Å². The van der Waals surface area contributed by atoms with E-state index in [4.69, 9.17) is 18.9 Å². The zero-order chi connectivity index (χ0) is 28.2. The van der Waals surface area contributed by atoms with Crippen molar-refractivity contribution < 1.29 is 33.6 Å². The first-order valence-corrected chi connectivity index (χ1v) is 14.1. The van der Waals surface area contributed by atoms with Crippen molar-refractivity contribution in [1.82, 2.24) is 10.2 Å². The maximum atomic E-state index is 13.5. The molecule has 0 bridgehead atoms. The fourth-order valence-electron chi connectivity index (χ4n) is 4.69. The number of nitrogens with zero attached hydrogens (tertiary/aromatic N) is 3. The average molecular weight is 566 g/mol. The van der Waals surface area contributed by atoms with Gasteiger partial charge in [0.1, 0.15) is 24.0 Å². The fourth-order valence-corrected chi connectivity index (χ4v) is 5.41. The lowest BCUT2D eigenvalue weighted by atomic mass is 9.95. The second kappa shape index (κ2) is 12.0. The first-order chi connectivity index (χ1) is 19.4. The lowest BCUT2D eigenvalue weighted by Gasteiger charge is -2.24. The van der Waals surface area contributed by atoms with Crippen molar-refractivity contribution in [2.45, 2.75) is 46.1 Å². The third kappa shape index (κ3) is 5.33. The molecule has 2 aliphatic rings. The van der Waals surface area contributed by atoms with E-state index in [9.17, 15) is 14.7 Å². The molecule has 0 saturated carbocycles. The number of amides is 1. The van der Waals surface area contributed by atoms with Crippen LogP contribution in [-0.4, -0.2) is 53.4 Å². The molecule has 2 aliphatic heterocycles. The number of aromatic nitrogens is 2. The zero-order valence-electron chi connectivity index (χ0n) is 22.6. The predicted molar refractivity (Wildman–Crippen MR) is 149 cm³/mol. The van der Waals surface area contributed by atoms with E-state index in [1.165, 1.54) is 16.2 Å². The topological polar surface area (TPSA) is 120 Å². The molecule has 0 aliphatic carbocycles. The number of hydrogen-bond donors (Lipinski definition) is 1. The molecule has 1 atom stereocenters. The predicted octanol–water partition coefficient (Wildman–Crippen LogP) is 5.21. The van der Waals surface area contributed by atoms with E-state index in [0.717, 1.165) is 19.3 Å². The van der Waals surface area contributed by atoms with E-state index in [1.54, 1.807) is 43.3 Å². The van der Waals surface area contributed by atoms with Crippen LogP contribution < -0.4 is 23.8 Å². The molecular formula is C29H31N3O7S. The lowest BCUT2D eigenvalue weighted by Crippen LogP contribution is -2.29. The first-order valence-electron chi connectivity index (χ1n) is 13.3. The van der Waals surface area contributed by atoms with Crippen LogP contribution in [-0.2, 0) is 9.59 Å². The summed E-state index contributed by atoms with van der Waals surface area (Å²) in [4.78, 5) is 28.2. The maximum Gasteiger partial charge on any atom is 0.301 e. The second-order valence-corrected chi connectivity index (χ2v) is 10.5. The summed E-state index contributed by atoms with van der Waals surface area (Å²) in [6.07, 6.45) is 3.04. The van der Waals surface area contributed by atoms with E-state index >= 15 is 0 Å². The molecule has 1 unspecified atom stereocenters. The Kier molecular flexibility index (Phi) is 8.20. The largest absolute Gasteiger partial charge is 0.507 e. The molecule has 210 valence electrons. The Bertz CT molecular complexity index is 1450. The molecule has 1 fully saturated rings. The van der Waals surface area contributed by atoms with Crippen LogP contribution in [0.4, 0.5) is 5.13 Å². The highest BCUT2D eigenvalue weighted by Crippen LogP contribution is 2.45. The van der Waals surface area contributed by atoms with Gasteiger partial charge in [0.05, 0.1) is 24.8 Å². The number of carbonyl (C=O) groups is 2. The number of ether oxygens (including phenoxy) is 4. The van der Waals surface area contributed by atoms with Gasteiger partial charge in [-0.15, -0.1) is 10.2 Å². The molecule has 11 heteroatoms. The Hall–Kier alpha value is -4.12. The summed E-state index contributed by atoms with van der Waals surface area (Å²) in [5, 5.41) is 20.6. The van der Waals surface area contributed by atoms with Gasteiger partial charge in [-0.25, -0.2) is 0 Å². The summed E-state index contributed by atoms with van der Waals surface area (Å²) >= 11 is 1.18. The van der Waals surface area contributed by atoms with Crippen molar-refractivity contribution in [3.05, 3.63) is 58.1 Å². The molecule has 5 rings (SSSR count). The van der Waals surface area contributed by atoms with Gasteiger partial charge < -0.3 is 24.1 Å². The van der Waals surface area contributed by atoms with Crippen molar-refractivity contribution in [1.29, 1.82) is 0 Å². The minimum atomic E-state index is -0.978. The molecule has 1 saturated heterocycles. The molecule has 3 aromatic rings. The highest BCUT2D eigenvalue weighted by Gasteiger charge is 2.48. The lowest BCUT2D eigenvalue weighted by molar-refractivity contribution is -0.132. The van der Waals surface area contributed by atoms with E-state index < -0.39 is 17.7 Å². The molecule has 10 nitrogen and oxygen atoms in total. The zero-order valence-corrected chi connectivity index (χ0v) is 23.5. The third-order valence-corrected chi connectivity index (χ3v) is 7.41. The summed E-state index contributed by atoms with van der Waals surface area (Å²) < 4.78 is 23.1. The number of Topliss-reactive ketones (excluding diaryl/α,β-unsaturated/α-hetero) is 1. The number of rotatable bonds is 10. The van der Waals surface area contributed by atoms with Crippen molar-refractivity contribution >= 4 is 33.9 Å². The fraction of sp³-hybridized carbons (Fsp3) is 0.379. The molecular weight excluding hydrogens is 534 g/mol. The number of hydrogen-bond acceptors (Lipinski definition) is 10. The van der Waals surface area contributed by atoms with Gasteiger partial charge in [-0.1, -0.05) is 37.2 Å². The molecule has 0 radical (unpaired) electrons. The van der Waals surface area contributed by atoms with Gasteiger partial charge in [0, 0.05) is 5.56 Å². The Morgan fingerprint density at radius 1 is 1.02 bits per heavy atom. The SMILES string of the molecule is CCCCCOc1ccc(C2C(=C(O)c3ccc4c(c3)OCCO4)C(=O)C(=O)N2c2nnc(C)s2)cc1OCC. The molecule has 40 heavy (non-hydrogen) atoms. The van der Waals surface area contributed by atoms with Crippen LogP contribution in [0.2, 0.25) is 0 Å². The monoisotopic (exact) mass is 565 g/mol. The van der Waals surface area contributed by atoms with Crippen molar-refractivity contribution in [3.8, 4) is 23.0 Å². The number of ketones is 1. The van der Waals surface area contributed by atoms with Gasteiger partial charge in [0.2, 0.25) is 5.13 Å². The highest BCUT2D eigenvalue weighted by atomic mass is 32.1. The van der Waals surface area contributed by atoms with Gasteiger partial charge >= 0.3 is 5.91 Å². The highest BCUT2D eigenvalue weighted by molar-refractivity contribution is 7.15. The number of benzene rings is 2. The molecule has 0 spiro atoms. The number of unbranched alkanes of at least 4 members (excludes halogenated alkanes) is 2. The Labute approximate surface area is 236 Å². The molecule has 3 heterocycles. The van der Waals surface area contributed by atoms with Crippen LogP contribution >= 0.6 is 11.3 Å². The van der Waals surface area contributed by atoms with Crippen LogP contribution in [0.15, 0.2) is 42.0 Å². The number of carbonyl (C=O) groups excluding carboxylic acids is 2. The van der Waals surface area contributed by atoms with E-state index in [1.807, 2.05) is 6.92 Å². The second-order valence-electron chi connectivity index (χ2n) is 9.33. The minimum Gasteiger partial charge on any atom is -0.507 e. The van der Waals surface area contributed by atoms with Gasteiger partial charge in [-0.05, 0) is 56.2 Å². The maximum absolute atomic E-state index is 13.5. The van der Waals surface area contributed by atoms with Crippen molar-refractivity contribution in [3.63, 3.8) is 0 Å². The third-order valence-electron chi connectivity index (χ3n) is 6.57. The summed E-state index contributed by atoms with van der Waals surface area (Å²) in [5.74, 6) is 0.0688. The van der Waals surface area contributed by atoms with Crippen LogP contribution in [0.1, 0.15) is 55.3 Å². The minimum absolute atomic E-state index is 0.0754. The molecule has 1 amide bonds. The summed E-state index contributed by atoms with van der Waals surface area (Å²) in [6.45, 7) is 7.48.